The van der Waals surface area contributed by atoms with Crippen LogP contribution in [0, 0.1) is 0 Å². The van der Waals surface area contributed by atoms with Crippen LogP contribution in [0.15, 0.2) is 11.6 Å². The Morgan fingerprint density at radius 1 is 0.731 bits per heavy atom. The molecule has 0 N–H and O–H groups in total. The summed E-state index contributed by atoms with van der Waals surface area (Å²) in [5.74, 6) is -0.128. The largest absolute Gasteiger partial charge is 0.463 e. The molecule has 154 valence electrons. The van der Waals surface area contributed by atoms with Crippen molar-refractivity contribution in [2.24, 2.45) is 0 Å². The molecule has 0 aliphatic heterocycles. The Balaban J connectivity index is 3.76. The first-order valence-corrected chi connectivity index (χ1v) is 12.3. The third-order valence-corrected chi connectivity index (χ3v) is 5.33. The number of hydrogen-bond donors (Lipinski definition) is 0. The van der Waals surface area contributed by atoms with Gasteiger partial charge in [-0.1, -0.05) is 106 Å². The first-order chi connectivity index (χ1) is 12.7. The zero-order valence-electron chi connectivity index (χ0n) is 17.5. The fraction of sp³-hybridized carbons (Fsp3) is 0.870. The van der Waals surface area contributed by atoms with E-state index in [1.165, 1.54) is 82.6 Å². The second-order valence-corrected chi connectivity index (χ2v) is 8.19. The highest BCUT2D eigenvalue weighted by molar-refractivity contribution is 9.09. The molecule has 26 heavy (non-hydrogen) atoms. The molecule has 2 nitrogen and oxygen atoms in total. The summed E-state index contributed by atoms with van der Waals surface area (Å²) in [6, 6.07) is 0. The standard InChI is InChI=1S/C23H43BrO2/c1-3-5-6-7-11-14-18-22(17-4-2)21-23(25)26-20-16-13-10-8-9-12-15-19-24/h21H,3-20H2,1-2H3/b22-21+. The Labute approximate surface area is 171 Å². The van der Waals surface area contributed by atoms with Crippen molar-refractivity contribution in [1.29, 1.82) is 0 Å². The average Bonchev–Trinajstić information content (AvgIpc) is 2.63. The fourth-order valence-electron chi connectivity index (χ4n) is 3.18. The minimum absolute atomic E-state index is 0.128. The molecular weight excluding hydrogens is 388 g/mol. The van der Waals surface area contributed by atoms with E-state index in [0.29, 0.717) is 6.61 Å². The topological polar surface area (TPSA) is 26.3 Å². The summed E-state index contributed by atoms with van der Waals surface area (Å²) in [5, 5.41) is 1.12. The number of carbonyl (C=O) groups is 1. The summed E-state index contributed by atoms with van der Waals surface area (Å²) in [6.07, 6.45) is 21.4. The maximum absolute atomic E-state index is 12.0. The van der Waals surface area contributed by atoms with Gasteiger partial charge in [0.05, 0.1) is 6.61 Å². The van der Waals surface area contributed by atoms with E-state index in [1.807, 2.05) is 0 Å². The van der Waals surface area contributed by atoms with Crippen LogP contribution in [-0.2, 0) is 9.53 Å². The Hall–Kier alpha value is -0.310. The normalized spacial score (nSPS) is 11.7. The minimum atomic E-state index is -0.128. The van der Waals surface area contributed by atoms with Gasteiger partial charge in [-0.25, -0.2) is 4.79 Å². The molecule has 0 aliphatic carbocycles. The monoisotopic (exact) mass is 430 g/mol. The van der Waals surface area contributed by atoms with Crippen molar-refractivity contribution < 1.29 is 9.53 Å². The number of carbonyl (C=O) groups excluding carboxylic acids is 1. The van der Waals surface area contributed by atoms with E-state index in [0.717, 1.165) is 31.0 Å². The van der Waals surface area contributed by atoms with E-state index in [4.69, 9.17) is 4.74 Å². The fourth-order valence-corrected chi connectivity index (χ4v) is 3.58. The Kier molecular flexibility index (Phi) is 20.7. The predicted molar refractivity (Wildman–Crippen MR) is 118 cm³/mol. The zero-order chi connectivity index (χ0) is 19.3. The molecule has 0 aromatic rings. The lowest BCUT2D eigenvalue weighted by Crippen LogP contribution is -2.04. The summed E-state index contributed by atoms with van der Waals surface area (Å²) in [4.78, 5) is 12.0. The number of ether oxygens (including phenoxy) is 1. The molecule has 0 radical (unpaired) electrons. The molecular formula is C23H43BrO2. The molecule has 0 bridgehead atoms. The highest BCUT2D eigenvalue weighted by Crippen LogP contribution is 2.16. The van der Waals surface area contributed by atoms with Crippen molar-refractivity contribution in [2.45, 2.75) is 117 Å². The van der Waals surface area contributed by atoms with Crippen molar-refractivity contribution in [1.82, 2.24) is 0 Å². The van der Waals surface area contributed by atoms with E-state index in [2.05, 4.69) is 29.8 Å². The molecule has 0 aromatic carbocycles. The van der Waals surface area contributed by atoms with E-state index in [1.54, 1.807) is 6.08 Å². The molecule has 0 fully saturated rings. The van der Waals surface area contributed by atoms with E-state index >= 15 is 0 Å². The maximum atomic E-state index is 12.0. The molecule has 0 aliphatic rings. The SMILES string of the molecule is CCCCCCCC/C(=C/C(=O)OCCCCCCCCCBr)CCC. The van der Waals surface area contributed by atoms with E-state index < -0.39 is 0 Å². The number of hydrogen-bond acceptors (Lipinski definition) is 2. The molecule has 0 atom stereocenters. The molecule has 0 aromatic heterocycles. The van der Waals surface area contributed by atoms with Gasteiger partial charge in [0.2, 0.25) is 0 Å². The van der Waals surface area contributed by atoms with Gasteiger partial charge in [-0.3, -0.25) is 0 Å². The second kappa shape index (κ2) is 21.0. The average molecular weight is 431 g/mol. The smallest absolute Gasteiger partial charge is 0.330 e. The van der Waals surface area contributed by atoms with E-state index in [-0.39, 0.29) is 5.97 Å². The first-order valence-electron chi connectivity index (χ1n) is 11.2. The molecule has 0 unspecified atom stereocenters. The van der Waals surface area contributed by atoms with E-state index in [9.17, 15) is 4.79 Å². The Bertz CT molecular complexity index is 339. The molecule has 0 amide bonds. The van der Waals surface area contributed by atoms with Crippen LogP contribution < -0.4 is 0 Å². The van der Waals surface area contributed by atoms with Gasteiger partial charge < -0.3 is 4.74 Å². The number of alkyl halides is 1. The van der Waals surface area contributed by atoms with Crippen molar-refractivity contribution in [3.8, 4) is 0 Å². The molecule has 3 heteroatoms. The summed E-state index contributed by atoms with van der Waals surface area (Å²) in [7, 11) is 0. The number of rotatable bonds is 19. The van der Waals surface area contributed by atoms with Crippen LogP contribution in [0.2, 0.25) is 0 Å². The third kappa shape index (κ3) is 18.5. The van der Waals surface area contributed by atoms with Crippen LogP contribution in [0.25, 0.3) is 0 Å². The van der Waals surface area contributed by atoms with Gasteiger partial charge >= 0.3 is 5.97 Å². The summed E-state index contributed by atoms with van der Waals surface area (Å²) in [6.45, 7) is 5.01. The molecule has 0 rings (SSSR count). The molecule has 0 saturated heterocycles. The number of unbranched alkanes of at least 4 members (excludes halogenated alkanes) is 11. The highest BCUT2D eigenvalue weighted by atomic mass is 79.9. The van der Waals surface area contributed by atoms with Gasteiger partial charge in [-0.05, 0) is 32.1 Å². The van der Waals surface area contributed by atoms with Crippen LogP contribution in [0.1, 0.15) is 117 Å². The maximum Gasteiger partial charge on any atom is 0.330 e. The summed E-state index contributed by atoms with van der Waals surface area (Å²) in [5.41, 5.74) is 1.28. The predicted octanol–water partition coefficient (Wildman–Crippen LogP) is 8.13. The van der Waals surface area contributed by atoms with Gasteiger partial charge in [0, 0.05) is 11.4 Å². The van der Waals surface area contributed by atoms with Crippen molar-refractivity contribution in [3.05, 3.63) is 11.6 Å². The lowest BCUT2D eigenvalue weighted by atomic mass is 10.0. The lowest BCUT2D eigenvalue weighted by Gasteiger charge is -2.07. The third-order valence-electron chi connectivity index (χ3n) is 4.77. The summed E-state index contributed by atoms with van der Waals surface area (Å²) < 4.78 is 5.40. The van der Waals surface area contributed by atoms with Gasteiger partial charge in [0.25, 0.3) is 0 Å². The van der Waals surface area contributed by atoms with Gasteiger partial charge in [-0.2, -0.15) is 0 Å². The zero-order valence-corrected chi connectivity index (χ0v) is 19.1. The first kappa shape index (κ1) is 25.7. The van der Waals surface area contributed by atoms with Crippen molar-refractivity contribution in [3.63, 3.8) is 0 Å². The van der Waals surface area contributed by atoms with Gasteiger partial charge in [-0.15, -0.1) is 0 Å². The molecule has 0 heterocycles. The van der Waals surface area contributed by atoms with Gasteiger partial charge in [0.1, 0.15) is 0 Å². The number of allylic oxidation sites excluding steroid dienone is 1. The minimum Gasteiger partial charge on any atom is -0.463 e. The van der Waals surface area contributed by atoms with Gasteiger partial charge in [0.15, 0.2) is 0 Å². The van der Waals surface area contributed by atoms with Crippen LogP contribution in [0.3, 0.4) is 0 Å². The quantitative estimate of drug-likeness (QED) is 0.0893. The van der Waals surface area contributed by atoms with Crippen LogP contribution in [0.4, 0.5) is 0 Å². The van der Waals surface area contributed by atoms with Crippen LogP contribution in [0.5, 0.6) is 0 Å². The highest BCUT2D eigenvalue weighted by Gasteiger charge is 2.03. The molecule has 0 saturated carbocycles. The van der Waals surface area contributed by atoms with Crippen LogP contribution >= 0.6 is 15.9 Å². The second-order valence-electron chi connectivity index (χ2n) is 7.40. The summed E-state index contributed by atoms with van der Waals surface area (Å²) >= 11 is 3.47. The molecule has 0 spiro atoms. The Morgan fingerprint density at radius 3 is 1.92 bits per heavy atom. The lowest BCUT2D eigenvalue weighted by molar-refractivity contribution is -0.137. The van der Waals surface area contributed by atoms with Crippen LogP contribution in [-0.4, -0.2) is 17.9 Å². The number of esters is 1. The number of halogens is 1. The van der Waals surface area contributed by atoms with Crippen molar-refractivity contribution in [2.75, 3.05) is 11.9 Å². The Morgan fingerprint density at radius 2 is 1.31 bits per heavy atom. The van der Waals surface area contributed by atoms with Crippen molar-refractivity contribution >= 4 is 21.9 Å².